The maximum atomic E-state index is 6.26. The number of methoxy groups -OCH3 is 1. The Morgan fingerprint density at radius 2 is 1.74 bits per heavy atom. The van der Waals surface area contributed by atoms with E-state index in [0.717, 1.165) is 18.8 Å². The van der Waals surface area contributed by atoms with Crippen LogP contribution in [-0.2, 0) is 0 Å². The van der Waals surface area contributed by atoms with Crippen molar-refractivity contribution >= 4 is 0 Å². The summed E-state index contributed by atoms with van der Waals surface area (Å²) in [6.07, 6.45) is 2.55. The average Bonchev–Trinajstić information content (AvgIpc) is 2.86. The summed E-state index contributed by atoms with van der Waals surface area (Å²) in [6, 6.07) is 4.75. The Balaban J connectivity index is 2.43. The smallest absolute Gasteiger partial charge is 0.123 e. The van der Waals surface area contributed by atoms with Gasteiger partial charge in [0.15, 0.2) is 0 Å². The first kappa shape index (κ1) is 14.4. The Morgan fingerprint density at radius 3 is 2.26 bits per heavy atom. The molecule has 2 N–H and O–H groups in total. The Morgan fingerprint density at radius 1 is 1.16 bits per heavy atom. The van der Waals surface area contributed by atoms with Gasteiger partial charge in [-0.15, -0.1) is 0 Å². The number of rotatable bonds is 4. The predicted molar refractivity (Wildman–Crippen MR) is 79.7 cm³/mol. The van der Waals surface area contributed by atoms with Crippen LogP contribution in [0.3, 0.4) is 0 Å². The van der Waals surface area contributed by atoms with Crippen LogP contribution in [0.25, 0.3) is 0 Å². The summed E-state index contributed by atoms with van der Waals surface area (Å²) in [4.78, 5) is 2.50. The van der Waals surface area contributed by atoms with Gasteiger partial charge in [-0.1, -0.05) is 6.07 Å². The number of benzene rings is 1. The number of nitrogens with two attached hydrogens (primary N) is 1. The van der Waals surface area contributed by atoms with Crippen LogP contribution in [0.5, 0.6) is 5.75 Å². The number of ether oxygens (including phenoxy) is 1. The summed E-state index contributed by atoms with van der Waals surface area (Å²) in [7, 11) is 1.75. The zero-order chi connectivity index (χ0) is 14.0. The van der Waals surface area contributed by atoms with Gasteiger partial charge in [-0.3, -0.25) is 4.90 Å². The quantitative estimate of drug-likeness (QED) is 0.907. The second kappa shape index (κ2) is 5.93. The van der Waals surface area contributed by atoms with Gasteiger partial charge in [0.1, 0.15) is 5.75 Å². The van der Waals surface area contributed by atoms with Crippen LogP contribution in [0.2, 0.25) is 0 Å². The molecule has 0 aromatic heterocycles. The Hall–Kier alpha value is -1.06. The lowest BCUT2D eigenvalue weighted by atomic mass is 9.94. The van der Waals surface area contributed by atoms with Crippen LogP contribution >= 0.6 is 0 Å². The summed E-state index contributed by atoms with van der Waals surface area (Å²) in [5.74, 6) is 0.970. The molecule has 1 aromatic carbocycles. The van der Waals surface area contributed by atoms with Crippen molar-refractivity contribution in [2.24, 2.45) is 5.73 Å². The van der Waals surface area contributed by atoms with Gasteiger partial charge in [0.2, 0.25) is 0 Å². The minimum absolute atomic E-state index is 0.106. The van der Waals surface area contributed by atoms with Gasteiger partial charge in [0.05, 0.1) is 13.2 Å². The summed E-state index contributed by atoms with van der Waals surface area (Å²) < 4.78 is 5.59. The highest BCUT2D eigenvalue weighted by molar-refractivity contribution is 5.44. The standard InChI is InChI=1S/C16H26N2O/c1-11-9-14(15(19-4)10-12(11)2)16(13(3)17)18-7-5-6-8-18/h9-10,13,16H,5-8,17H2,1-4H3. The van der Waals surface area contributed by atoms with Crippen molar-refractivity contribution < 1.29 is 4.74 Å². The third kappa shape index (κ3) is 2.93. The molecular weight excluding hydrogens is 236 g/mol. The molecule has 106 valence electrons. The Bertz CT molecular complexity index is 437. The van der Waals surface area contributed by atoms with Crippen LogP contribution < -0.4 is 10.5 Å². The van der Waals surface area contributed by atoms with Crippen LogP contribution in [0.4, 0.5) is 0 Å². The molecule has 1 fully saturated rings. The van der Waals surface area contributed by atoms with E-state index in [2.05, 4.69) is 37.8 Å². The molecule has 0 bridgehead atoms. The monoisotopic (exact) mass is 262 g/mol. The number of aryl methyl sites for hydroxylation is 2. The van der Waals surface area contributed by atoms with E-state index in [1.165, 1.54) is 29.5 Å². The zero-order valence-corrected chi connectivity index (χ0v) is 12.6. The fourth-order valence-electron chi connectivity index (χ4n) is 3.05. The molecule has 1 saturated heterocycles. The van der Waals surface area contributed by atoms with E-state index >= 15 is 0 Å². The van der Waals surface area contributed by atoms with Crippen molar-refractivity contribution in [3.8, 4) is 5.75 Å². The van der Waals surface area contributed by atoms with Gasteiger partial charge in [-0.25, -0.2) is 0 Å². The van der Waals surface area contributed by atoms with E-state index < -0.39 is 0 Å². The maximum absolute atomic E-state index is 6.26. The van der Waals surface area contributed by atoms with E-state index in [9.17, 15) is 0 Å². The molecule has 3 heteroatoms. The van der Waals surface area contributed by atoms with E-state index in [-0.39, 0.29) is 12.1 Å². The van der Waals surface area contributed by atoms with Gasteiger partial charge < -0.3 is 10.5 Å². The highest BCUT2D eigenvalue weighted by Crippen LogP contribution is 2.35. The summed E-state index contributed by atoms with van der Waals surface area (Å²) in [5.41, 5.74) is 10.1. The second-order valence-corrected chi connectivity index (χ2v) is 5.73. The van der Waals surface area contributed by atoms with Crippen molar-refractivity contribution in [1.82, 2.24) is 4.90 Å². The van der Waals surface area contributed by atoms with Crippen LogP contribution in [0.1, 0.15) is 42.5 Å². The van der Waals surface area contributed by atoms with Gasteiger partial charge in [-0.05, 0) is 63.9 Å². The lowest BCUT2D eigenvalue weighted by Crippen LogP contribution is -2.38. The van der Waals surface area contributed by atoms with Crippen LogP contribution in [-0.4, -0.2) is 31.1 Å². The highest BCUT2D eigenvalue weighted by Gasteiger charge is 2.29. The molecule has 1 heterocycles. The highest BCUT2D eigenvalue weighted by atomic mass is 16.5. The molecule has 0 radical (unpaired) electrons. The summed E-state index contributed by atoms with van der Waals surface area (Å²) in [5, 5.41) is 0. The normalized spacial score (nSPS) is 19.4. The predicted octanol–water partition coefficient (Wildman–Crippen LogP) is 2.80. The lowest BCUT2D eigenvalue weighted by Gasteiger charge is -2.32. The SMILES string of the molecule is COc1cc(C)c(C)cc1C(C(C)N)N1CCCC1. The van der Waals surface area contributed by atoms with E-state index in [4.69, 9.17) is 10.5 Å². The van der Waals surface area contributed by atoms with Crippen molar-refractivity contribution in [3.05, 3.63) is 28.8 Å². The average molecular weight is 262 g/mol. The molecule has 0 amide bonds. The van der Waals surface area contributed by atoms with Gasteiger partial charge >= 0.3 is 0 Å². The van der Waals surface area contributed by atoms with Gasteiger partial charge in [0.25, 0.3) is 0 Å². The van der Waals surface area contributed by atoms with E-state index in [1.807, 2.05) is 0 Å². The third-order valence-electron chi connectivity index (χ3n) is 4.20. The number of nitrogens with zero attached hydrogens (tertiary/aromatic N) is 1. The second-order valence-electron chi connectivity index (χ2n) is 5.73. The van der Waals surface area contributed by atoms with Crippen molar-refractivity contribution in [2.45, 2.75) is 45.7 Å². The minimum Gasteiger partial charge on any atom is -0.496 e. The number of hydrogen-bond donors (Lipinski definition) is 1. The lowest BCUT2D eigenvalue weighted by molar-refractivity contribution is 0.214. The molecule has 19 heavy (non-hydrogen) atoms. The first-order chi connectivity index (χ1) is 9.04. The van der Waals surface area contributed by atoms with Crippen LogP contribution in [0, 0.1) is 13.8 Å². The summed E-state index contributed by atoms with van der Waals surface area (Å²) in [6.45, 7) is 8.65. The first-order valence-corrected chi connectivity index (χ1v) is 7.19. The fraction of sp³-hybridized carbons (Fsp3) is 0.625. The molecule has 0 aliphatic carbocycles. The molecule has 1 aliphatic heterocycles. The Labute approximate surface area is 116 Å². The molecule has 1 aromatic rings. The molecule has 2 unspecified atom stereocenters. The molecule has 1 aliphatic rings. The maximum Gasteiger partial charge on any atom is 0.123 e. The number of likely N-dealkylation sites (tertiary alicyclic amines) is 1. The first-order valence-electron chi connectivity index (χ1n) is 7.19. The van der Waals surface area contributed by atoms with Gasteiger partial charge in [0, 0.05) is 11.6 Å². The zero-order valence-electron chi connectivity index (χ0n) is 12.6. The van der Waals surface area contributed by atoms with E-state index in [0.29, 0.717) is 0 Å². The van der Waals surface area contributed by atoms with Gasteiger partial charge in [-0.2, -0.15) is 0 Å². The minimum atomic E-state index is 0.106. The van der Waals surface area contributed by atoms with Crippen molar-refractivity contribution in [1.29, 1.82) is 0 Å². The van der Waals surface area contributed by atoms with E-state index in [1.54, 1.807) is 7.11 Å². The third-order valence-corrected chi connectivity index (χ3v) is 4.20. The molecule has 0 saturated carbocycles. The van der Waals surface area contributed by atoms with Crippen LogP contribution in [0.15, 0.2) is 12.1 Å². The topological polar surface area (TPSA) is 38.5 Å². The molecule has 2 atom stereocenters. The summed E-state index contributed by atoms with van der Waals surface area (Å²) >= 11 is 0. The van der Waals surface area contributed by atoms with Crippen molar-refractivity contribution in [3.63, 3.8) is 0 Å². The fourth-order valence-corrected chi connectivity index (χ4v) is 3.05. The molecule has 0 spiro atoms. The Kier molecular flexibility index (Phi) is 4.48. The van der Waals surface area contributed by atoms with Crippen molar-refractivity contribution in [2.75, 3.05) is 20.2 Å². The molecule has 3 nitrogen and oxygen atoms in total. The molecular formula is C16H26N2O. The molecule has 2 rings (SSSR count). The largest absolute Gasteiger partial charge is 0.496 e. The number of hydrogen-bond acceptors (Lipinski definition) is 3.